The van der Waals surface area contributed by atoms with Gasteiger partial charge in [-0.25, -0.2) is 9.18 Å². The van der Waals surface area contributed by atoms with Gasteiger partial charge in [-0.1, -0.05) is 23.7 Å². The summed E-state index contributed by atoms with van der Waals surface area (Å²) in [5.41, 5.74) is 4.10. The zero-order valence-electron chi connectivity index (χ0n) is 15.3. The lowest BCUT2D eigenvalue weighted by molar-refractivity contribution is 0.0968. The van der Waals surface area contributed by atoms with Crippen LogP contribution in [-0.4, -0.2) is 18.2 Å². The van der Waals surface area contributed by atoms with E-state index in [1.165, 1.54) is 12.1 Å². The lowest BCUT2D eigenvalue weighted by atomic mass is 10.0. The molecule has 2 aromatic carbocycles. The van der Waals surface area contributed by atoms with Crippen molar-refractivity contribution >= 4 is 22.6 Å². The normalized spacial score (nSPS) is 16.1. The molecule has 0 radical (unpaired) electrons. The first-order valence-electron chi connectivity index (χ1n) is 9.49. The van der Waals surface area contributed by atoms with Crippen molar-refractivity contribution in [3.8, 4) is 5.75 Å². The highest BCUT2D eigenvalue weighted by atomic mass is 35.5. The van der Waals surface area contributed by atoms with E-state index in [1.54, 1.807) is 12.1 Å². The second kappa shape index (κ2) is 6.90. The average molecular weight is 400 g/mol. The topological polar surface area (TPSA) is 42.7 Å². The summed E-state index contributed by atoms with van der Waals surface area (Å²) in [6.07, 6.45) is 3.38. The average Bonchev–Trinajstić information content (AvgIpc) is 3.20. The van der Waals surface area contributed by atoms with Gasteiger partial charge in [-0.2, -0.15) is 0 Å². The summed E-state index contributed by atoms with van der Waals surface area (Å²) in [7, 11) is 0. The third-order valence-electron chi connectivity index (χ3n) is 5.67. The van der Waals surface area contributed by atoms with Gasteiger partial charge < -0.3 is 9.15 Å². The fraction of sp³-hybridized carbons (Fsp3) is 0.318. The molecule has 0 N–H and O–H groups in total. The van der Waals surface area contributed by atoms with E-state index in [2.05, 4.69) is 4.90 Å². The summed E-state index contributed by atoms with van der Waals surface area (Å²) in [6.45, 7) is 1.75. The number of rotatable bonds is 3. The number of fused-ring (bicyclic) bond motifs is 5. The van der Waals surface area contributed by atoms with Crippen LogP contribution in [0.5, 0.6) is 5.75 Å². The minimum atomic E-state index is -0.243. The first-order valence-corrected chi connectivity index (χ1v) is 9.87. The Balaban J connectivity index is 1.48. The van der Waals surface area contributed by atoms with Crippen LogP contribution in [0.15, 0.2) is 39.5 Å². The SMILES string of the molecule is O=c1oc2c3c(c(Cl)cc2c2c1CCC2)OCN(CCc1ccc(F)cc1)C3. The molecule has 1 aliphatic carbocycles. The van der Waals surface area contributed by atoms with Crippen LogP contribution in [0.1, 0.15) is 28.7 Å². The molecule has 0 unspecified atom stereocenters. The molecule has 1 aliphatic heterocycles. The third-order valence-corrected chi connectivity index (χ3v) is 5.95. The quantitative estimate of drug-likeness (QED) is 0.609. The Morgan fingerprint density at radius 2 is 1.89 bits per heavy atom. The maximum atomic E-state index is 13.1. The van der Waals surface area contributed by atoms with E-state index in [1.807, 2.05) is 6.07 Å². The van der Waals surface area contributed by atoms with Crippen LogP contribution >= 0.6 is 11.6 Å². The van der Waals surface area contributed by atoms with Crippen molar-refractivity contribution in [2.24, 2.45) is 0 Å². The molecule has 0 spiro atoms. The van der Waals surface area contributed by atoms with E-state index in [0.29, 0.717) is 29.6 Å². The maximum absolute atomic E-state index is 13.1. The zero-order chi connectivity index (χ0) is 19.3. The Hall–Kier alpha value is -2.37. The van der Waals surface area contributed by atoms with Crippen molar-refractivity contribution in [1.82, 2.24) is 4.90 Å². The maximum Gasteiger partial charge on any atom is 0.339 e. The zero-order valence-corrected chi connectivity index (χ0v) is 16.0. The number of aryl methyl sites for hydroxylation is 1. The molecule has 0 fully saturated rings. The van der Waals surface area contributed by atoms with E-state index in [-0.39, 0.29) is 11.4 Å². The largest absolute Gasteiger partial charge is 0.476 e. The number of hydrogen-bond acceptors (Lipinski definition) is 4. The van der Waals surface area contributed by atoms with Gasteiger partial charge in [0.2, 0.25) is 0 Å². The van der Waals surface area contributed by atoms with E-state index < -0.39 is 0 Å². The Morgan fingerprint density at radius 3 is 2.71 bits per heavy atom. The molecule has 0 amide bonds. The van der Waals surface area contributed by atoms with E-state index in [4.69, 9.17) is 20.8 Å². The first kappa shape index (κ1) is 17.7. The van der Waals surface area contributed by atoms with Crippen molar-refractivity contribution < 1.29 is 13.5 Å². The molecule has 2 heterocycles. The van der Waals surface area contributed by atoms with Crippen LogP contribution in [0.4, 0.5) is 4.39 Å². The monoisotopic (exact) mass is 399 g/mol. The van der Waals surface area contributed by atoms with Crippen LogP contribution in [-0.2, 0) is 25.8 Å². The second-order valence-electron chi connectivity index (χ2n) is 7.45. The number of nitrogens with zero attached hydrogens (tertiary/aromatic N) is 1. The summed E-state index contributed by atoms with van der Waals surface area (Å²) < 4.78 is 24.7. The van der Waals surface area contributed by atoms with Gasteiger partial charge >= 0.3 is 5.63 Å². The summed E-state index contributed by atoms with van der Waals surface area (Å²) in [4.78, 5) is 14.6. The van der Waals surface area contributed by atoms with Crippen LogP contribution in [0, 0.1) is 5.82 Å². The van der Waals surface area contributed by atoms with Gasteiger partial charge in [-0.05, 0) is 55.0 Å². The molecule has 2 aliphatic rings. The molecule has 6 heteroatoms. The highest BCUT2D eigenvalue weighted by Crippen LogP contribution is 2.41. The number of halogens is 2. The van der Waals surface area contributed by atoms with E-state index >= 15 is 0 Å². The van der Waals surface area contributed by atoms with Crippen molar-refractivity contribution in [2.75, 3.05) is 13.3 Å². The molecule has 0 bridgehead atoms. The van der Waals surface area contributed by atoms with Gasteiger partial charge in [0.1, 0.15) is 23.9 Å². The van der Waals surface area contributed by atoms with Crippen molar-refractivity contribution in [2.45, 2.75) is 32.2 Å². The van der Waals surface area contributed by atoms with Crippen molar-refractivity contribution in [1.29, 1.82) is 0 Å². The van der Waals surface area contributed by atoms with Crippen LogP contribution in [0.3, 0.4) is 0 Å². The third kappa shape index (κ3) is 2.99. The molecule has 1 aromatic heterocycles. The van der Waals surface area contributed by atoms with Gasteiger partial charge in [0, 0.05) is 24.0 Å². The second-order valence-corrected chi connectivity index (χ2v) is 7.85. The minimum Gasteiger partial charge on any atom is -0.476 e. The van der Waals surface area contributed by atoms with Gasteiger partial charge in [0.05, 0.1) is 10.6 Å². The summed E-state index contributed by atoms with van der Waals surface area (Å²) in [5.74, 6) is 0.371. The van der Waals surface area contributed by atoms with E-state index in [0.717, 1.165) is 59.9 Å². The first-order chi connectivity index (χ1) is 13.6. The molecule has 0 saturated carbocycles. The number of ether oxygens (including phenoxy) is 1. The Bertz CT molecular complexity index is 1120. The standard InChI is InChI=1S/C22H19ClFNO3/c23-19-10-17-15-2-1-3-16(15)22(26)28-20(17)18-11-25(12-27-21(18)19)9-8-13-4-6-14(24)7-5-13/h4-7,10H,1-3,8-9,11-12H2. The summed E-state index contributed by atoms with van der Waals surface area (Å²) in [5, 5.41) is 1.49. The molecule has 0 saturated heterocycles. The van der Waals surface area contributed by atoms with Gasteiger partial charge in [0.15, 0.2) is 0 Å². The van der Waals surface area contributed by atoms with Crippen LogP contribution < -0.4 is 10.4 Å². The highest BCUT2D eigenvalue weighted by Gasteiger charge is 2.27. The molecule has 5 rings (SSSR count). The lowest BCUT2D eigenvalue weighted by Crippen LogP contribution is -2.34. The van der Waals surface area contributed by atoms with Gasteiger partial charge in [-0.3, -0.25) is 4.90 Å². The molecule has 4 nitrogen and oxygen atoms in total. The predicted octanol–water partition coefficient (Wildman–Crippen LogP) is 4.47. The fourth-order valence-corrected chi connectivity index (χ4v) is 4.51. The summed E-state index contributed by atoms with van der Waals surface area (Å²) in [6, 6.07) is 8.40. The highest BCUT2D eigenvalue weighted by molar-refractivity contribution is 6.33. The Morgan fingerprint density at radius 1 is 1.11 bits per heavy atom. The smallest absolute Gasteiger partial charge is 0.339 e. The molecule has 0 atom stereocenters. The van der Waals surface area contributed by atoms with Crippen molar-refractivity contribution in [3.63, 3.8) is 0 Å². The molecule has 144 valence electrons. The molecule has 28 heavy (non-hydrogen) atoms. The van der Waals surface area contributed by atoms with Gasteiger partial charge in [0.25, 0.3) is 0 Å². The Labute approximate surface area is 166 Å². The van der Waals surface area contributed by atoms with Crippen molar-refractivity contribution in [3.05, 3.63) is 73.8 Å². The number of benzene rings is 2. The van der Waals surface area contributed by atoms with Crippen LogP contribution in [0.2, 0.25) is 5.02 Å². The molecular formula is C22H19ClFNO3. The fourth-order valence-electron chi connectivity index (χ4n) is 4.24. The predicted molar refractivity (Wildman–Crippen MR) is 106 cm³/mol. The van der Waals surface area contributed by atoms with Gasteiger partial charge in [-0.15, -0.1) is 0 Å². The Kier molecular flexibility index (Phi) is 4.37. The van der Waals surface area contributed by atoms with E-state index in [9.17, 15) is 9.18 Å². The molecule has 3 aromatic rings. The number of hydrogen-bond donors (Lipinski definition) is 0. The summed E-state index contributed by atoms with van der Waals surface area (Å²) >= 11 is 6.50. The minimum absolute atomic E-state index is 0.234. The molecular weight excluding hydrogens is 381 g/mol. The lowest BCUT2D eigenvalue weighted by Gasteiger charge is -2.30. The van der Waals surface area contributed by atoms with Crippen LogP contribution in [0.25, 0.3) is 11.0 Å².